The molecule has 7 nitrogen and oxygen atoms in total. The van der Waals surface area contributed by atoms with E-state index in [2.05, 4.69) is 20.3 Å². The maximum atomic E-state index is 12.7. The lowest BCUT2D eigenvalue weighted by atomic mass is 9.97. The van der Waals surface area contributed by atoms with Crippen LogP contribution in [0.1, 0.15) is 11.1 Å². The predicted molar refractivity (Wildman–Crippen MR) is 75.2 cm³/mol. The molecule has 3 aromatic heterocycles. The second-order valence-electron chi connectivity index (χ2n) is 4.58. The molecule has 0 aromatic carbocycles. The molecule has 0 aliphatic heterocycles. The normalized spacial score (nSPS) is 13.0. The van der Waals surface area contributed by atoms with Crippen LogP contribution in [0.2, 0.25) is 0 Å². The molecule has 0 saturated carbocycles. The summed E-state index contributed by atoms with van der Waals surface area (Å²) in [6, 6.07) is 2.02. The van der Waals surface area contributed by atoms with E-state index in [0.29, 0.717) is 22.5 Å². The Balaban J connectivity index is 2.14. The van der Waals surface area contributed by atoms with Crippen LogP contribution in [0.3, 0.4) is 0 Å². The van der Waals surface area contributed by atoms with Gasteiger partial charge in [0.15, 0.2) is 5.65 Å². The van der Waals surface area contributed by atoms with Crippen molar-refractivity contribution in [3.05, 3.63) is 58.3 Å². The molecule has 0 atom stereocenters. The van der Waals surface area contributed by atoms with Crippen molar-refractivity contribution in [1.82, 2.24) is 24.8 Å². The Morgan fingerprint density at radius 2 is 2.19 bits per heavy atom. The average molecular weight is 276 g/mol. The fraction of sp³-hybridized carbons (Fsp3) is 0. The molecule has 3 heterocycles. The fourth-order valence-electron chi connectivity index (χ4n) is 2.33. The van der Waals surface area contributed by atoms with Crippen molar-refractivity contribution in [3.8, 4) is 17.3 Å². The Morgan fingerprint density at radius 1 is 1.33 bits per heavy atom. The molecule has 0 bridgehead atoms. The third-order valence-electron chi connectivity index (χ3n) is 3.42. The van der Waals surface area contributed by atoms with Gasteiger partial charge in [0.25, 0.3) is 5.56 Å². The minimum Gasteiger partial charge on any atom is -0.338 e. The van der Waals surface area contributed by atoms with Crippen LogP contribution in [0.15, 0.2) is 41.6 Å². The van der Waals surface area contributed by atoms with Crippen molar-refractivity contribution in [1.29, 1.82) is 5.26 Å². The first-order chi connectivity index (χ1) is 10.3. The van der Waals surface area contributed by atoms with E-state index in [4.69, 9.17) is 5.26 Å². The molecule has 2 N–H and O–H groups in total. The topological polar surface area (TPSA) is 103 Å². The molecule has 3 aromatic rings. The van der Waals surface area contributed by atoms with Crippen molar-refractivity contribution in [2.45, 2.75) is 0 Å². The van der Waals surface area contributed by atoms with Gasteiger partial charge in [-0.25, -0.2) is 0 Å². The van der Waals surface area contributed by atoms with Crippen LogP contribution in [0.4, 0.5) is 0 Å². The van der Waals surface area contributed by atoms with E-state index in [1.165, 1.54) is 10.7 Å². The number of aromatic amines is 2. The Morgan fingerprint density at radius 3 is 2.81 bits per heavy atom. The van der Waals surface area contributed by atoms with Crippen LogP contribution < -0.4 is 5.56 Å². The van der Waals surface area contributed by atoms with Crippen LogP contribution in [-0.4, -0.2) is 24.8 Å². The molecule has 7 heteroatoms. The Kier molecular flexibility index (Phi) is 2.20. The number of fused-ring (bicyclic) bond motifs is 1. The first-order valence-electron chi connectivity index (χ1n) is 6.21. The maximum absolute atomic E-state index is 12.7. The molecular weight excluding hydrogens is 268 g/mol. The number of nitrogens with zero attached hydrogens (tertiary/aromatic N) is 4. The first-order valence-corrected chi connectivity index (χ1v) is 6.21. The van der Waals surface area contributed by atoms with Crippen molar-refractivity contribution in [2.24, 2.45) is 0 Å². The SMILES string of the molecule is N#Cc1cnn2c(=O)c(C3=CC=C3)c(-c3cn[nH]c3)[nH]c12. The van der Waals surface area contributed by atoms with E-state index in [0.717, 1.165) is 11.1 Å². The smallest absolute Gasteiger partial charge is 0.282 e. The molecule has 0 saturated heterocycles. The van der Waals surface area contributed by atoms with Gasteiger partial charge in [-0.2, -0.15) is 20.0 Å². The summed E-state index contributed by atoms with van der Waals surface area (Å²) in [4.78, 5) is 15.8. The Bertz CT molecular complexity index is 1010. The van der Waals surface area contributed by atoms with Crippen LogP contribution >= 0.6 is 0 Å². The van der Waals surface area contributed by atoms with Crippen LogP contribution in [0.25, 0.3) is 22.5 Å². The maximum Gasteiger partial charge on any atom is 0.282 e. The van der Waals surface area contributed by atoms with Gasteiger partial charge in [-0.1, -0.05) is 18.2 Å². The summed E-state index contributed by atoms with van der Waals surface area (Å²) in [5.74, 6) is 0. The number of nitriles is 1. The quantitative estimate of drug-likeness (QED) is 0.734. The molecule has 1 aliphatic carbocycles. The largest absolute Gasteiger partial charge is 0.338 e. The highest BCUT2D eigenvalue weighted by atomic mass is 16.1. The summed E-state index contributed by atoms with van der Waals surface area (Å²) < 4.78 is 1.21. The second kappa shape index (κ2) is 4.05. The van der Waals surface area contributed by atoms with Gasteiger partial charge in [0.2, 0.25) is 0 Å². The van der Waals surface area contributed by atoms with Gasteiger partial charge in [-0.3, -0.25) is 9.89 Å². The lowest BCUT2D eigenvalue weighted by Gasteiger charge is -2.12. The molecule has 100 valence electrons. The molecule has 0 radical (unpaired) electrons. The first kappa shape index (κ1) is 11.4. The second-order valence-corrected chi connectivity index (χ2v) is 4.58. The van der Waals surface area contributed by atoms with E-state index < -0.39 is 0 Å². The third kappa shape index (κ3) is 1.50. The molecule has 0 fully saturated rings. The molecule has 0 unspecified atom stereocenters. The van der Waals surface area contributed by atoms with Crippen molar-refractivity contribution in [3.63, 3.8) is 0 Å². The number of rotatable bonds is 2. The predicted octanol–water partition coefficient (Wildman–Crippen LogP) is 1.24. The number of hydrogen-bond donors (Lipinski definition) is 2. The zero-order valence-electron chi connectivity index (χ0n) is 10.7. The van der Waals surface area contributed by atoms with Gasteiger partial charge in [0, 0.05) is 11.8 Å². The van der Waals surface area contributed by atoms with Gasteiger partial charge < -0.3 is 4.98 Å². The summed E-state index contributed by atoms with van der Waals surface area (Å²) in [7, 11) is 0. The average Bonchev–Trinajstić information content (AvgIpc) is 3.07. The molecule has 0 spiro atoms. The van der Waals surface area contributed by atoms with Gasteiger partial charge in [0.05, 0.1) is 23.7 Å². The summed E-state index contributed by atoms with van der Waals surface area (Å²) >= 11 is 0. The fourth-order valence-corrected chi connectivity index (χ4v) is 2.33. The standard InChI is InChI=1S/C14H8N6O/c15-4-9-7-18-20-13(9)19-12(10-5-16-17-6-10)11(14(20)21)8-2-1-3-8/h1-3,5-7,19H,(H,16,17). The molecular formula is C14H8N6O. The van der Waals surface area contributed by atoms with Gasteiger partial charge in [0.1, 0.15) is 11.6 Å². The summed E-state index contributed by atoms with van der Waals surface area (Å²) in [5.41, 5.74) is 3.14. The number of nitrogens with one attached hydrogen (secondary N) is 2. The Labute approximate surface area is 117 Å². The third-order valence-corrected chi connectivity index (χ3v) is 3.42. The molecule has 4 rings (SSSR count). The summed E-state index contributed by atoms with van der Waals surface area (Å²) in [6.07, 6.45) is 10.3. The molecule has 21 heavy (non-hydrogen) atoms. The lowest BCUT2D eigenvalue weighted by Crippen LogP contribution is -2.21. The van der Waals surface area contributed by atoms with E-state index >= 15 is 0 Å². The van der Waals surface area contributed by atoms with E-state index in [-0.39, 0.29) is 5.56 Å². The minimum absolute atomic E-state index is 0.267. The molecule has 1 aliphatic rings. The van der Waals surface area contributed by atoms with E-state index in [1.807, 2.05) is 24.3 Å². The van der Waals surface area contributed by atoms with Gasteiger partial charge in [-0.05, 0) is 5.57 Å². The van der Waals surface area contributed by atoms with Crippen LogP contribution in [-0.2, 0) is 0 Å². The monoisotopic (exact) mass is 276 g/mol. The zero-order valence-corrected chi connectivity index (χ0v) is 10.7. The van der Waals surface area contributed by atoms with Crippen LogP contribution in [0.5, 0.6) is 0 Å². The van der Waals surface area contributed by atoms with Crippen molar-refractivity contribution >= 4 is 11.2 Å². The highest BCUT2D eigenvalue weighted by Gasteiger charge is 2.20. The highest BCUT2D eigenvalue weighted by molar-refractivity contribution is 5.88. The number of aromatic nitrogens is 5. The van der Waals surface area contributed by atoms with Crippen molar-refractivity contribution < 1.29 is 0 Å². The lowest BCUT2D eigenvalue weighted by molar-refractivity contribution is 0.896. The van der Waals surface area contributed by atoms with Crippen LogP contribution in [0, 0.1) is 11.3 Å². The van der Waals surface area contributed by atoms with E-state index in [9.17, 15) is 4.79 Å². The highest BCUT2D eigenvalue weighted by Crippen LogP contribution is 2.28. The van der Waals surface area contributed by atoms with E-state index in [1.54, 1.807) is 12.4 Å². The summed E-state index contributed by atoms with van der Waals surface area (Å²) in [6.45, 7) is 0. The molecule has 0 amide bonds. The van der Waals surface area contributed by atoms with Gasteiger partial charge >= 0.3 is 0 Å². The minimum atomic E-state index is -0.267. The number of H-pyrrole nitrogens is 2. The Hall–Kier alpha value is -3.40. The van der Waals surface area contributed by atoms with Gasteiger partial charge in [-0.15, -0.1) is 0 Å². The zero-order chi connectivity index (χ0) is 14.4. The van der Waals surface area contributed by atoms with Crippen molar-refractivity contribution in [2.75, 3.05) is 0 Å². The summed E-state index contributed by atoms with van der Waals surface area (Å²) in [5, 5.41) is 19.7. The number of hydrogen-bond acceptors (Lipinski definition) is 4. The number of allylic oxidation sites excluding steroid dienone is 4.